The molecule has 0 aromatic heterocycles. The summed E-state index contributed by atoms with van der Waals surface area (Å²) in [6, 6.07) is 5.21. The summed E-state index contributed by atoms with van der Waals surface area (Å²) in [5, 5.41) is 3.47. The van der Waals surface area contributed by atoms with Crippen LogP contribution in [0.5, 0.6) is 5.75 Å². The van der Waals surface area contributed by atoms with Gasteiger partial charge in [-0.15, -0.1) is 0 Å². The predicted octanol–water partition coefficient (Wildman–Crippen LogP) is 2.73. The molecule has 1 amide bonds. The van der Waals surface area contributed by atoms with Gasteiger partial charge in [0.05, 0.1) is 0 Å². The molecule has 5 heteroatoms. The van der Waals surface area contributed by atoms with Crippen LogP contribution in [0, 0.1) is 5.92 Å². The maximum absolute atomic E-state index is 11.9. The molecule has 20 heavy (non-hydrogen) atoms. The van der Waals surface area contributed by atoms with Crippen LogP contribution in [0.15, 0.2) is 18.2 Å². The van der Waals surface area contributed by atoms with Gasteiger partial charge >= 0.3 is 0 Å². The summed E-state index contributed by atoms with van der Waals surface area (Å²) in [5.74, 6) is 1.04. The molecule has 0 saturated carbocycles. The normalized spacial score (nSPS) is 12.3. The van der Waals surface area contributed by atoms with Gasteiger partial charge in [-0.1, -0.05) is 25.4 Å². The van der Waals surface area contributed by atoms with Crippen LogP contribution in [-0.4, -0.2) is 18.6 Å². The van der Waals surface area contributed by atoms with Crippen LogP contribution in [0.25, 0.3) is 0 Å². The topological polar surface area (TPSA) is 64.3 Å². The Labute approximate surface area is 125 Å². The molecule has 0 saturated heterocycles. The molecule has 1 aromatic carbocycles. The monoisotopic (exact) mass is 298 g/mol. The van der Waals surface area contributed by atoms with E-state index in [9.17, 15) is 4.79 Å². The van der Waals surface area contributed by atoms with Gasteiger partial charge in [0.25, 0.3) is 5.91 Å². The van der Waals surface area contributed by atoms with Crippen molar-refractivity contribution in [3.63, 3.8) is 0 Å². The number of hydrogen-bond donors (Lipinski definition) is 2. The summed E-state index contributed by atoms with van der Waals surface area (Å²) in [5.41, 5.74) is 6.44. The lowest BCUT2D eigenvalue weighted by Gasteiger charge is -2.17. The van der Waals surface area contributed by atoms with Gasteiger partial charge in [-0.05, 0) is 37.5 Å². The zero-order valence-electron chi connectivity index (χ0n) is 12.3. The third kappa shape index (κ3) is 5.39. The average Bonchev–Trinajstić information content (AvgIpc) is 2.40. The van der Waals surface area contributed by atoms with E-state index in [0.29, 0.717) is 29.8 Å². The highest BCUT2D eigenvalue weighted by molar-refractivity contribution is 6.30. The fraction of sp³-hybridized carbons (Fsp3) is 0.533. The summed E-state index contributed by atoms with van der Waals surface area (Å²) in [4.78, 5) is 11.9. The SMILES string of the molecule is CC(C)CCNC(=O)C(C)Oc1ccc(Cl)cc1CN. The van der Waals surface area contributed by atoms with E-state index in [1.54, 1.807) is 25.1 Å². The molecule has 3 N–H and O–H groups in total. The van der Waals surface area contributed by atoms with Crippen molar-refractivity contribution in [2.24, 2.45) is 11.7 Å². The first-order valence-electron chi connectivity index (χ1n) is 6.87. The van der Waals surface area contributed by atoms with Gasteiger partial charge in [0.2, 0.25) is 0 Å². The number of carbonyl (C=O) groups excluding carboxylic acids is 1. The molecule has 0 aliphatic carbocycles. The van der Waals surface area contributed by atoms with Gasteiger partial charge in [0.1, 0.15) is 5.75 Å². The number of rotatable bonds is 7. The number of nitrogens with one attached hydrogen (secondary N) is 1. The van der Waals surface area contributed by atoms with E-state index in [2.05, 4.69) is 19.2 Å². The molecule has 0 heterocycles. The molecule has 0 spiro atoms. The zero-order valence-corrected chi connectivity index (χ0v) is 13.0. The Hall–Kier alpha value is -1.26. The second-order valence-electron chi connectivity index (χ2n) is 5.19. The van der Waals surface area contributed by atoms with Crippen molar-refractivity contribution in [1.29, 1.82) is 0 Å². The minimum atomic E-state index is -0.561. The van der Waals surface area contributed by atoms with E-state index in [1.807, 2.05) is 0 Å². The van der Waals surface area contributed by atoms with E-state index < -0.39 is 6.10 Å². The Balaban J connectivity index is 2.57. The van der Waals surface area contributed by atoms with Crippen LogP contribution in [0.2, 0.25) is 5.02 Å². The lowest BCUT2D eigenvalue weighted by atomic mass is 10.1. The number of ether oxygens (including phenoxy) is 1. The quantitative estimate of drug-likeness (QED) is 0.813. The lowest BCUT2D eigenvalue weighted by molar-refractivity contribution is -0.127. The second kappa shape index (κ2) is 8.12. The fourth-order valence-corrected chi connectivity index (χ4v) is 1.89. The smallest absolute Gasteiger partial charge is 0.260 e. The van der Waals surface area contributed by atoms with Gasteiger partial charge in [0.15, 0.2) is 6.10 Å². The third-order valence-corrected chi connectivity index (χ3v) is 3.17. The Morgan fingerprint density at radius 1 is 1.40 bits per heavy atom. The molecule has 1 unspecified atom stereocenters. The maximum atomic E-state index is 11.9. The first kappa shape index (κ1) is 16.8. The number of hydrogen-bond acceptors (Lipinski definition) is 3. The number of amides is 1. The van der Waals surface area contributed by atoms with Crippen LogP contribution in [0.3, 0.4) is 0 Å². The summed E-state index contributed by atoms with van der Waals surface area (Å²) >= 11 is 5.90. The van der Waals surface area contributed by atoms with Gasteiger partial charge in [-0.3, -0.25) is 4.79 Å². The molecule has 0 aliphatic rings. The number of benzene rings is 1. The largest absolute Gasteiger partial charge is 0.481 e. The van der Waals surface area contributed by atoms with E-state index in [4.69, 9.17) is 22.1 Å². The van der Waals surface area contributed by atoms with E-state index in [0.717, 1.165) is 12.0 Å². The Kier molecular flexibility index (Phi) is 6.82. The molecule has 1 rings (SSSR count). The van der Waals surface area contributed by atoms with E-state index in [-0.39, 0.29) is 5.91 Å². The number of halogens is 1. The highest BCUT2D eigenvalue weighted by Crippen LogP contribution is 2.23. The van der Waals surface area contributed by atoms with Crippen LogP contribution in [0.4, 0.5) is 0 Å². The third-order valence-electron chi connectivity index (χ3n) is 2.94. The van der Waals surface area contributed by atoms with Crippen molar-refractivity contribution >= 4 is 17.5 Å². The van der Waals surface area contributed by atoms with Crippen LogP contribution >= 0.6 is 11.6 Å². The molecular formula is C15H23ClN2O2. The predicted molar refractivity (Wildman–Crippen MR) is 81.9 cm³/mol. The summed E-state index contributed by atoms with van der Waals surface area (Å²) in [6.07, 6.45) is 0.390. The van der Waals surface area contributed by atoms with Crippen molar-refractivity contribution in [2.75, 3.05) is 6.54 Å². The highest BCUT2D eigenvalue weighted by atomic mass is 35.5. The fourth-order valence-electron chi connectivity index (χ4n) is 1.69. The molecule has 0 radical (unpaired) electrons. The van der Waals surface area contributed by atoms with E-state index >= 15 is 0 Å². The standard InChI is InChI=1S/C15H23ClN2O2/c1-10(2)6-7-18-15(19)11(3)20-14-5-4-13(16)8-12(14)9-17/h4-5,8,10-11H,6-7,9,17H2,1-3H3,(H,18,19). The first-order valence-corrected chi connectivity index (χ1v) is 7.24. The minimum absolute atomic E-state index is 0.122. The van der Waals surface area contributed by atoms with E-state index in [1.165, 1.54) is 0 Å². The average molecular weight is 299 g/mol. The molecule has 1 aromatic rings. The molecule has 4 nitrogen and oxygen atoms in total. The van der Waals surface area contributed by atoms with Crippen LogP contribution < -0.4 is 15.8 Å². The molecule has 0 bridgehead atoms. The van der Waals surface area contributed by atoms with Crippen LogP contribution in [0.1, 0.15) is 32.8 Å². The molecule has 112 valence electrons. The van der Waals surface area contributed by atoms with Crippen molar-refractivity contribution in [3.05, 3.63) is 28.8 Å². The van der Waals surface area contributed by atoms with Crippen molar-refractivity contribution in [3.8, 4) is 5.75 Å². The summed E-state index contributed by atoms with van der Waals surface area (Å²) < 4.78 is 5.66. The van der Waals surface area contributed by atoms with Gasteiger partial charge in [0, 0.05) is 23.7 Å². The van der Waals surface area contributed by atoms with Crippen molar-refractivity contribution in [2.45, 2.75) is 39.8 Å². The highest BCUT2D eigenvalue weighted by Gasteiger charge is 2.15. The minimum Gasteiger partial charge on any atom is -0.481 e. The lowest BCUT2D eigenvalue weighted by Crippen LogP contribution is -2.37. The molecule has 0 aliphatic heterocycles. The number of carbonyl (C=O) groups is 1. The maximum Gasteiger partial charge on any atom is 0.260 e. The van der Waals surface area contributed by atoms with Gasteiger partial charge in [-0.2, -0.15) is 0 Å². The van der Waals surface area contributed by atoms with Gasteiger partial charge < -0.3 is 15.8 Å². The zero-order chi connectivity index (χ0) is 15.1. The molecule has 0 fully saturated rings. The Bertz CT molecular complexity index is 449. The first-order chi connectivity index (χ1) is 9.43. The second-order valence-corrected chi connectivity index (χ2v) is 5.63. The summed E-state index contributed by atoms with van der Waals surface area (Å²) in [6.45, 7) is 6.94. The Morgan fingerprint density at radius 2 is 2.10 bits per heavy atom. The van der Waals surface area contributed by atoms with Crippen molar-refractivity contribution in [1.82, 2.24) is 5.32 Å². The molecular weight excluding hydrogens is 276 g/mol. The molecule has 1 atom stereocenters. The van der Waals surface area contributed by atoms with Gasteiger partial charge in [-0.25, -0.2) is 0 Å². The van der Waals surface area contributed by atoms with Crippen LogP contribution in [-0.2, 0) is 11.3 Å². The Morgan fingerprint density at radius 3 is 2.70 bits per heavy atom. The van der Waals surface area contributed by atoms with Crippen molar-refractivity contribution < 1.29 is 9.53 Å². The number of nitrogens with two attached hydrogens (primary N) is 1. The summed E-state index contributed by atoms with van der Waals surface area (Å²) in [7, 11) is 0.